The van der Waals surface area contributed by atoms with Crippen molar-refractivity contribution in [3.05, 3.63) is 23.9 Å². The average Bonchev–Trinajstić information content (AvgIpc) is 2.67. The monoisotopic (exact) mass is 446 g/mol. The van der Waals surface area contributed by atoms with E-state index in [0.717, 1.165) is 30.4 Å². The maximum absolute atomic E-state index is 12.7. The van der Waals surface area contributed by atoms with E-state index in [1.54, 1.807) is 0 Å². The molecule has 2 heterocycles. The Bertz CT molecular complexity index is 663. The topological polar surface area (TPSA) is 80.5 Å². The number of hydrogen-bond acceptors (Lipinski definition) is 5. The number of piperidine rings is 1. The van der Waals surface area contributed by atoms with Gasteiger partial charge in [0.1, 0.15) is 11.4 Å². The first-order valence-electron chi connectivity index (χ1n) is 10.2. The van der Waals surface area contributed by atoms with Crippen LogP contribution in [0.25, 0.3) is 0 Å². The normalized spacial score (nSPS) is 26.0. The summed E-state index contributed by atoms with van der Waals surface area (Å²) in [6.45, 7) is 11.5. The highest BCUT2D eigenvalue weighted by atomic mass is 35.5. The van der Waals surface area contributed by atoms with Crippen molar-refractivity contribution in [3.8, 4) is 0 Å². The van der Waals surface area contributed by atoms with Gasteiger partial charge in [0, 0.05) is 44.3 Å². The van der Waals surface area contributed by atoms with E-state index in [1.165, 1.54) is 12.8 Å². The van der Waals surface area contributed by atoms with Crippen molar-refractivity contribution >= 4 is 36.5 Å². The molecule has 1 aliphatic carbocycles. The number of aromatic nitrogens is 1. The van der Waals surface area contributed by atoms with Crippen molar-refractivity contribution in [3.63, 3.8) is 0 Å². The standard InChI is InChI=1S/C21H34N4O2.2ClH/c1-5-27-17-12-21(22,20(17,3)4)19(26)24-14-16-6-7-18(23-13-16)25-10-8-15(2)9-11-25;;/h6-7,13,15,17H,5,8-12,14,22H2,1-4H3,(H,24,26);2*1H. The molecule has 3 rings (SSSR count). The zero-order chi connectivity index (χ0) is 19.7. The molecule has 2 unspecified atom stereocenters. The van der Waals surface area contributed by atoms with E-state index < -0.39 is 5.54 Å². The summed E-state index contributed by atoms with van der Waals surface area (Å²) in [7, 11) is 0. The fourth-order valence-corrected chi connectivity index (χ4v) is 4.11. The molecule has 0 radical (unpaired) electrons. The van der Waals surface area contributed by atoms with E-state index in [4.69, 9.17) is 10.5 Å². The number of ether oxygens (including phenoxy) is 1. The van der Waals surface area contributed by atoms with Crippen LogP contribution in [-0.4, -0.2) is 42.2 Å². The van der Waals surface area contributed by atoms with Crippen LogP contribution >= 0.6 is 24.8 Å². The molecule has 0 spiro atoms. The number of nitrogens with zero attached hydrogens (tertiary/aromatic N) is 2. The molecule has 6 nitrogen and oxygen atoms in total. The number of halogens is 2. The minimum atomic E-state index is -0.884. The summed E-state index contributed by atoms with van der Waals surface area (Å²) in [5, 5.41) is 2.99. The number of carbonyl (C=O) groups excluding carboxylic acids is 1. The Balaban J connectivity index is 0.00000210. The van der Waals surface area contributed by atoms with Gasteiger partial charge >= 0.3 is 0 Å². The lowest BCUT2D eigenvalue weighted by Crippen LogP contribution is -2.75. The molecule has 2 fully saturated rings. The maximum Gasteiger partial charge on any atom is 0.241 e. The van der Waals surface area contributed by atoms with Gasteiger partial charge in [-0.05, 0) is 37.3 Å². The van der Waals surface area contributed by atoms with Crippen LogP contribution in [0.15, 0.2) is 18.3 Å². The van der Waals surface area contributed by atoms with Crippen molar-refractivity contribution in [1.29, 1.82) is 0 Å². The maximum atomic E-state index is 12.7. The third-order valence-electron chi connectivity index (χ3n) is 6.60. The SMILES string of the molecule is CCOC1CC(N)(C(=O)NCc2ccc(N3CCC(C)CC3)nc2)C1(C)C.Cl.Cl. The highest BCUT2D eigenvalue weighted by Gasteiger charge is 2.62. The summed E-state index contributed by atoms with van der Waals surface area (Å²) in [5.41, 5.74) is 6.15. The molecule has 0 aromatic carbocycles. The van der Waals surface area contributed by atoms with Gasteiger partial charge in [-0.1, -0.05) is 26.8 Å². The molecule has 1 aliphatic heterocycles. The molecule has 3 N–H and O–H groups in total. The first kappa shape index (κ1) is 26.0. The second kappa shape index (κ2) is 10.3. The molecule has 1 aromatic rings. The predicted octanol–water partition coefficient (Wildman–Crippen LogP) is 3.31. The molecule has 2 aliphatic rings. The van der Waals surface area contributed by atoms with E-state index in [2.05, 4.69) is 22.1 Å². The van der Waals surface area contributed by atoms with Crippen LogP contribution in [0.3, 0.4) is 0 Å². The number of amides is 1. The summed E-state index contributed by atoms with van der Waals surface area (Å²) in [5.74, 6) is 1.71. The molecule has 29 heavy (non-hydrogen) atoms. The largest absolute Gasteiger partial charge is 0.378 e. The molecule has 1 saturated carbocycles. The minimum absolute atomic E-state index is 0. The van der Waals surface area contributed by atoms with Crippen LogP contribution < -0.4 is 16.0 Å². The second-order valence-electron chi connectivity index (χ2n) is 8.72. The molecule has 166 valence electrons. The predicted molar refractivity (Wildman–Crippen MR) is 122 cm³/mol. The molecule has 0 bridgehead atoms. The van der Waals surface area contributed by atoms with Gasteiger partial charge < -0.3 is 20.7 Å². The summed E-state index contributed by atoms with van der Waals surface area (Å²) in [4.78, 5) is 19.6. The van der Waals surface area contributed by atoms with Gasteiger partial charge in [0.25, 0.3) is 0 Å². The quantitative estimate of drug-likeness (QED) is 0.700. The first-order valence-corrected chi connectivity index (χ1v) is 10.2. The Labute approximate surface area is 187 Å². The summed E-state index contributed by atoms with van der Waals surface area (Å²) >= 11 is 0. The van der Waals surface area contributed by atoms with Gasteiger partial charge in [-0.25, -0.2) is 4.98 Å². The number of anilines is 1. The van der Waals surface area contributed by atoms with Crippen molar-refractivity contribution in [2.45, 2.75) is 65.1 Å². The third-order valence-corrected chi connectivity index (χ3v) is 6.60. The van der Waals surface area contributed by atoms with E-state index in [-0.39, 0.29) is 42.2 Å². The first-order chi connectivity index (χ1) is 12.8. The van der Waals surface area contributed by atoms with Gasteiger partial charge in [-0.3, -0.25) is 4.79 Å². The molecule has 1 saturated heterocycles. The lowest BCUT2D eigenvalue weighted by atomic mass is 9.54. The van der Waals surface area contributed by atoms with Crippen LogP contribution in [-0.2, 0) is 16.1 Å². The van der Waals surface area contributed by atoms with E-state index in [0.29, 0.717) is 19.6 Å². The highest BCUT2D eigenvalue weighted by Crippen LogP contribution is 2.49. The number of rotatable bonds is 6. The number of hydrogen-bond donors (Lipinski definition) is 2. The van der Waals surface area contributed by atoms with Crippen LogP contribution in [0.5, 0.6) is 0 Å². The Morgan fingerprint density at radius 1 is 1.31 bits per heavy atom. The van der Waals surface area contributed by atoms with Crippen molar-refractivity contribution in [2.24, 2.45) is 17.1 Å². The minimum Gasteiger partial charge on any atom is -0.378 e. The van der Waals surface area contributed by atoms with Crippen LogP contribution in [0.1, 0.15) is 52.5 Å². The summed E-state index contributed by atoms with van der Waals surface area (Å²) in [6, 6.07) is 4.09. The zero-order valence-corrected chi connectivity index (χ0v) is 19.6. The zero-order valence-electron chi connectivity index (χ0n) is 17.9. The second-order valence-corrected chi connectivity index (χ2v) is 8.72. The van der Waals surface area contributed by atoms with E-state index >= 15 is 0 Å². The van der Waals surface area contributed by atoms with Crippen molar-refractivity contribution in [2.75, 3.05) is 24.6 Å². The number of nitrogens with two attached hydrogens (primary N) is 1. The molecule has 2 atom stereocenters. The number of pyridine rings is 1. The smallest absolute Gasteiger partial charge is 0.241 e. The fraction of sp³-hybridized carbons (Fsp3) is 0.714. The average molecular weight is 447 g/mol. The van der Waals surface area contributed by atoms with Gasteiger partial charge in [-0.15, -0.1) is 24.8 Å². The molecular weight excluding hydrogens is 411 g/mol. The number of nitrogens with one attached hydrogen (secondary N) is 1. The van der Waals surface area contributed by atoms with Crippen LogP contribution in [0, 0.1) is 11.3 Å². The van der Waals surface area contributed by atoms with Crippen molar-refractivity contribution in [1.82, 2.24) is 10.3 Å². The Morgan fingerprint density at radius 3 is 2.48 bits per heavy atom. The summed E-state index contributed by atoms with van der Waals surface area (Å²) < 4.78 is 5.70. The van der Waals surface area contributed by atoms with Crippen LogP contribution in [0.2, 0.25) is 0 Å². The van der Waals surface area contributed by atoms with Gasteiger partial charge in [0.2, 0.25) is 5.91 Å². The Morgan fingerprint density at radius 2 is 1.97 bits per heavy atom. The lowest BCUT2D eigenvalue weighted by molar-refractivity contribution is -0.170. The van der Waals surface area contributed by atoms with Crippen molar-refractivity contribution < 1.29 is 9.53 Å². The Kier molecular flexibility index (Phi) is 9.21. The van der Waals surface area contributed by atoms with E-state index in [9.17, 15) is 4.79 Å². The van der Waals surface area contributed by atoms with Crippen LogP contribution in [0.4, 0.5) is 5.82 Å². The molecular formula is C21H36Cl2N4O2. The lowest BCUT2D eigenvalue weighted by Gasteiger charge is -2.57. The molecule has 8 heteroatoms. The third kappa shape index (κ3) is 5.16. The summed E-state index contributed by atoms with van der Waals surface area (Å²) in [6.07, 6.45) is 4.88. The number of carbonyl (C=O) groups is 1. The van der Waals surface area contributed by atoms with Gasteiger partial charge in [0.05, 0.1) is 6.10 Å². The molecule has 1 amide bonds. The van der Waals surface area contributed by atoms with E-state index in [1.807, 2.05) is 39.1 Å². The highest BCUT2D eigenvalue weighted by molar-refractivity contribution is 5.88. The molecule has 1 aromatic heterocycles. The van der Waals surface area contributed by atoms with Gasteiger partial charge in [-0.2, -0.15) is 0 Å². The fourth-order valence-electron chi connectivity index (χ4n) is 4.11. The Hall–Kier alpha value is -1.08. The van der Waals surface area contributed by atoms with Gasteiger partial charge in [0.15, 0.2) is 0 Å².